The first-order valence-corrected chi connectivity index (χ1v) is 12.1. The highest BCUT2D eigenvalue weighted by Gasteiger charge is 2.53. The van der Waals surface area contributed by atoms with Gasteiger partial charge >= 0.3 is 0 Å². The lowest BCUT2D eigenvalue weighted by Crippen LogP contribution is -2.57. The molecule has 8 heteroatoms. The summed E-state index contributed by atoms with van der Waals surface area (Å²) in [6.45, 7) is 22.0. The summed E-state index contributed by atoms with van der Waals surface area (Å²) in [4.78, 5) is 31.5. The van der Waals surface area contributed by atoms with Crippen LogP contribution in [0.2, 0.25) is 0 Å². The molecule has 3 fully saturated rings. The lowest BCUT2D eigenvalue weighted by atomic mass is 9.84. The molecule has 0 aromatic carbocycles. The number of carbonyl (C=O) groups excluding carboxylic acids is 2. The largest absolute Gasteiger partial charge is 0.354 e. The first kappa shape index (κ1) is 26.4. The Labute approximate surface area is 199 Å². The summed E-state index contributed by atoms with van der Waals surface area (Å²) in [7, 11) is 0. The zero-order valence-electron chi connectivity index (χ0n) is 22.2. The summed E-state index contributed by atoms with van der Waals surface area (Å²) in [5.41, 5.74) is -1.87. The number of amides is 2. The van der Waals surface area contributed by atoms with Gasteiger partial charge < -0.3 is 28.7 Å². The molecule has 0 N–H and O–H groups in total. The smallest absolute Gasteiger partial charge is 0.233 e. The van der Waals surface area contributed by atoms with Crippen LogP contribution in [0.5, 0.6) is 0 Å². The topological polar surface area (TPSA) is 77.5 Å². The van der Waals surface area contributed by atoms with E-state index in [4.69, 9.17) is 18.9 Å². The fourth-order valence-corrected chi connectivity index (χ4v) is 5.15. The van der Waals surface area contributed by atoms with Crippen molar-refractivity contribution in [3.05, 3.63) is 0 Å². The van der Waals surface area contributed by atoms with Crippen molar-refractivity contribution in [2.45, 2.75) is 105 Å². The third-order valence-electron chi connectivity index (χ3n) is 7.17. The van der Waals surface area contributed by atoms with Crippen LogP contribution >= 0.6 is 0 Å². The van der Waals surface area contributed by atoms with Gasteiger partial charge in [0.25, 0.3) is 0 Å². The molecule has 3 rings (SSSR count). The molecule has 0 radical (unpaired) electrons. The van der Waals surface area contributed by atoms with Gasteiger partial charge in [-0.2, -0.15) is 0 Å². The van der Waals surface area contributed by atoms with Crippen molar-refractivity contribution in [3.8, 4) is 0 Å². The molecule has 190 valence electrons. The van der Waals surface area contributed by atoms with E-state index in [1.807, 2.05) is 37.5 Å². The van der Waals surface area contributed by atoms with Crippen molar-refractivity contribution in [1.29, 1.82) is 0 Å². The lowest BCUT2D eigenvalue weighted by molar-refractivity contribution is -0.173. The number of hydrogen-bond acceptors (Lipinski definition) is 6. The molecule has 0 spiro atoms. The lowest BCUT2D eigenvalue weighted by Gasteiger charge is -2.43. The van der Waals surface area contributed by atoms with E-state index in [2.05, 4.69) is 41.5 Å². The molecule has 0 unspecified atom stereocenters. The van der Waals surface area contributed by atoms with E-state index in [1.54, 1.807) is 0 Å². The van der Waals surface area contributed by atoms with Gasteiger partial charge in [-0.1, -0.05) is 41.5 Å². The van der Waals surface area contributed by atoms with Crippen LogP contribution < -0.4 is 0 Å². The van der Waals surface area contributed by atoms with Crippen LogP contribution in [0.25, 0.3) is 0 Å². The summed E-state index contributed by atoms with van der Waals surface area (Å²) in [6.07, 6.45) is -0.759. The SMILES string of the molecule is CC(C)(C)[C@H]1COC(C)(C)N1C(=O)C[C@@H](C(=O)N1[C@@H](C(C)(C)C)COC1(C)C)C1OCCO1. The summed E-state index contributed by atoms with van der Waals surface area (Å²) in [6, 6.07) is -0.206. The first-order chi connectivity index (χ1) is 15.0. The van der Waals surface area contributed by atoms with E-state index in [1.165, 1.54) is 0 Å². The fourth-order valence-electron chi connectivity index (χ4n) is 5.15. The molecular formula is C25H44N2O6. The first-order valence-electron chi connectivity index (χ1n) is 12.1. The molecular weight excluding hydrogens is 424 g/mol. The van der Waals surface area contributed by atoms with Gasteiger partial charge in [0.1, 0.15) is 11.4 Å². The quantitative estimate of drug-likeness (QED) is 0.630. The van der Waals surface area contributed by atoms with Crippen molar-refractivity contribution in [1.82, 2.24) is 9.80 Å². The Morgan fingerprint density at radius 2 is 1.24 bits per heavy atom. The molecule has 8 nitrogen and oxygen atoms in total. The molecule has 0 aliphatic carbocycles. The van der Waals surface area contributed by atoms with Crippen LogP contribution in [0.4, 0.5) is 0 Å². The van der Waals surface area contributed by atoms with Crippen molar-refractivity contribution in [2.75, 3.05) is 26.4 Å². The van der Waals surface area contributed by atoms with Crippen molar-refractivity contribution >= 4 is 11.8 Å². The van der Waals surface area contributed by atoms with Crippen molar-refractivity contribution in [3.63, 3.8) is 0 Å². The Morgan fingerprint density at radius 3 is 1.70 bits per heavy atom. The molecule has 3 saturated heterocycles. The van der Waals surface area contributed by atoms with Crippen LogP contribution in [-0.4, -0.2) is 77.9 Å². The van der Waals surface area contributed by atoms with Crippen LogP contribution in [0.15, 0.2) is 0 Å². The minimum Gasteiger partial charge on any atom is -0.354 e. The number of rotatable bonds is 4. The monoisotopic (exact) mass is 468 g/mol. The van der Waals surface area contributed by atoms with Gasteiger partial charge in [-0.25, -0.2) is 0 Å². The second-order valence-electron chi connectivity index (χ2n) is 12.7. The Morgan fingerprint density at radius 1 is 0.818 bits per heavy atom. The van der Waals surface area contributed by atoms with E-state index in [0.717, 1.165) is 0 Å². The molecule has 3 aliphatic heterocycles. The molecule has 0 aromatic rings. The maximum Gasteiger partial charge on any atom is 0.233 e. The van der Waals surface area contributed by atoms with E-state index in [-0.39, 0.29) is 41.1 Å². The Bertz CT molecular complexity index is 745. The Balaban J connectivity index is 1.92. The molecule has 3 heterocycles. The highest BCUT2D eigenvalue weighted by molar-refractivity contribution is 5.87. The maximum atomic E-state index is 14.1. The highest BCUT2D eigenvalue weighted by Crippen LogP contribution is 2.41. The second-order valence-corrected chi connectivity index (χ2v) is 12.7. The third kappa shape index (κ3) is 5.24. The number of nitrogens with zero attached hydrogens (tertiary/aromatic N) is 2. The van der Waals surface area contributed by atoms with Gasteiger partial charge in [-0.3, -0.25) is 9.59 Å². The average Bonchev–Trinajstić information content (AvgIpc) is 3.34. The zero-order valence-corrected chi connectivity index (χ0v) is 22.2. The standard InChI is InChI=1S/C25H44N2O6/c1-22(2,3)17-14-32-24(7,8)26(17)19(28)13-16(21-30-11-12-31-21)20(29)27-18(23(4,5)6)15-33-25(27,9)10/h16-18,21H,11-15H2,1-10H3/t16-,17+,18+/m0/s1. The molecule has 0 bridgehead atoms. The number of carbonyl (C=O) groups is 2. The summed E-state index contributed by atoms with van der Waals surface area (Å²) < 4.78 is 23.6. The molecule has 33 heavy (non-hydrogen) atoms. The second kappa shape index (κ2) is 8.77. The predicted octanol–water partition coefficient (Wildman–Crippen LogP) is 3.38. The maximum absolute atomic E-state index is 14.1. The van der Waals surface area contributed by atoms with Gasteiger partial charge in [0.2, 0.25) is 11.8 Å². The minimum absolute atomic E-state index is 0.00763. The molecule has 2 amide bonds. The van der Waals surface area contributed by atoms with Gasteiger partial charge in [-0.15, -0.1) is 0 Å². The molecule has 3 aliphatic rings. The van der Waals surface area contributed by atoms with Gasteiger partial charge in [0, 0.05) is 6.42 Å². The van der Waals surface area contributed by atoms with Crippen LogP contribution in [0.1, 0.15) is 75.7 Å². The average molecular weight is 469 g/mol. The molecule has 3 atom stereocenters. The fraction of sp³-hybridized carbons (Fsp3) is 0.920. The summed E-state index contributed by atoms with van der Waals surface area (Å²) in [5.74, 6) is -1.05. The zero-order chi connectivity index (χ0) is 25.0. The predicted molar refractivity (Wildman–Crippen MR) is 124 cm³/mol. The third-order valence-corrected chi connectivity index (χ3v) is 7.17. The molecule has 0 aromatic heterocycles. The Kier molecular flexibility index (Phi) is 7.01. The van der Waals surface area contributed by atoms with Crippen LogP contribution in [0.3, 0.4) is 0 Å². The Hall–Kier alpha value is -1.22. The van der Waals surface area contributed by atoms with Crippen molar-refractivity contribution in [2.24, 2.45) is 16.7 Å². The van der Waals surface area contributed by atoms with Gasteiger partial charge in [0.15, 0.2) is 6.29 Å². The van der Waals surface area contributed by atoms with E-state index < -0.39 is 23.7 Å². The van der Waals surface area contributed by atoms with Gasteiger partial charge in [0.05, 0.1) is 44.4 Å². The van der Waals surface area contributed by atoms with Crippen LogP contribution in [0, 0.1) is 16.7 Å². The summed E-state index contributed by atoms with van der Waals surface area (Å²) >= 11 is 0. The van der Waals surface area contributed by atoms with Crippen molar-refractivity contribution < 1.29 is 28.5 Å². The summed E-state index contributed by atoms with van der Waals surface area (Å²) in [5, 5.41) is 0. The molecule has 0 saturated carbocycles. The van der Waals surface area contributed by atoms with E-state index in [0.29, 0.717) is 26.4 Å². The van der Waals surface area contributed by atoms with Crippen LogP contribution in [-0.2, 0) is 28.5 Å². The normalized spacial score (nSPS) is 29.0. The van der Waals surface area contributed by atoms with Gasteiger partial charge in [-0.05, 0) is 38.5 Å². The van der Waals surface area contributed by atoms with E-state index >= 15 is 0 Å². The minimum atomic E-state index is -0.779. The highest BCUT2D eigenvalue weighted by atomic mass is 16.7. The number of hydrogen-bond donors (Lipinski definition) is 0. The number of ether oxygens (including phenoxy) is 4. The van der Waals surface area contributed by atoms with E-state index in [9.17, 15) is 9.59 Å².